The summed E-state index contributed by atoms with van der Waals surface area (Å²) in [4.78, 5) is 12.1. The summed E-state index contributed by atoms with van der Waals surface area (Å²) < 4.78 is 0. The first-order chi connectivity index (χ1) is 15.1. The Labute approximate surface area is 181 Å². The van der Waals surface area contributed by atoms with Gasteiger partial charge in [-0.1, -0.05) is 66.7 Å². The van der Waals surface area contributed by atoms with E-state index in [9.17, 15) is 9.90 Å². The second-order valence-electron chi connectivity index (χ2n) is 7.71. The van der Waals surface area contributed by atoms with Gasteiger partial charge < -0.3 is 10.8 Å². The third-order valence-corrected chi connectivity index (χ3v) is 5.40. The van der Waals surface area contributed by atoms with Crippen LogP contribution in [-0.4, -0.2) is 21.2 Å². The van der Waals surface area contributed by atoms with E-state index in [-0.39, 0.29) is 5.75 Å². The number of primary amides is 1. The van der Waals surface area contributed by atoms with E-state index in [1.165, 1.54) is 11.1 Å². The molecule has 31 heavy (non-hydrogen) atoms. The van der Waals surface area contributed by atoms with Crippen molar-refractivity contribution in [1.29, 1.82) is 0 Å². The maximum Gasteiger partial charge on any atom is 0.252 e. The molecule has 3 aromatic carbocycles. The number of phenolic OH excluding ortho intramolecular Hbond substituents is 1. The lowest BCUT2D eigenvalue weighted by atomic mass is 9.99. The van der Waals surface area contributed by atoms with E-state index in [1.807, 2.05) is 30.3 Å². The summed E-state index contributed by atoms with van der Waals surface area (Å²) >= 11 is 0. The first kappa shape index (κ1) is 20.4. The van der Waals surface area contributed by atoms with Crippen LogP contribution in [0.15, 0.2) is 78.9 Å². The minimum absolute atomic E-state index is 0.235. The maximum atomic E-state index is 12.1. The molecule has 0 aliphatic heterocycles. The molecule has 0 unspecified atom stereocenters. The molecule has 5 heteroatoms. The van der Waals surface area contributed by atoms with Crippen LogP contribution in [0.2, 0.25) is 0 Å². The van der Waals surface area contributed by atoms with Gasteiger partial charge in [0.1, 0.15) is 5.75 Å². The first-order valence-electron chi connectivity index (χ1n) is 10.3. The van der Waals surface area contributed by atoms with Crippen molar-refractivity contribution in [1.82, 2.24) is 10.2 Å². The van der Waals surface area contributed by atoms with Crippen LogP contribution in [0.4, 0.5) is 0 Å². The number of nitrogens with one attached hydrogen (secondary N) is 1. The topological polar surface area (TPSA) is 92.0 Å². The standard InChI is InChI=1S/C26H25N3O2/c27-26(31)25-23(15-12-18-10-13-22(30)14-11-18)28-29-24(25)17-21-8-6-20(7-9-21)16-19-4-2-1-3-5-19/h1-11,13-14,30H,12,15-17H2,(H2,27,31)(H,28,29). The smallest absolute Gasteiger partial charge is 0.252 e. The van der Waals surface area contributed by atoms with Gasteiger partial charge in [-0.15, -0.1) is 0 Å². The Hall–Kier alpha value is -3.86. The number of hydrogen-bond acceptors (Lipinski definition) is 3. The fraction of sp³-hybridized carbons (Fsp3) is 0.154. The Morgan fingerprint density at radius 1 is 0.774 bits per heavy atom. The van der Waals surface area contributed by atoms with Gasteiger partial charge in [0.2, 0.25) is 0 Å². The van der Waals surface area contributed by atoms with Crippen molar-refractivity contribution in [3.8, 4) is 5.75 Å². The average Bonchev–Trinajstić information content (AvgIpc) is 3.18. The number of benzene rings is 3. The number of aromatic hydroxyl groups is 1. The molecule has 156 valence electrons. The summed E-state index contributed by atoms with van der Waals surface area (Å²) in [5.41, 5.74) is 12.2. The third kappa shape index (κ3) is 5.20. The highest BCUT2D eigenvalue weighted by Crippen LogP contribution is 2.19. The lowest BCUT2D eigenvalue weighted by Crippen LogP contribution is -2.15. The number of nitrogens with two attached hydrogens (primary N) is 1. The van der Waals surface area contributed by atoms with Crippen molar-refractivity contribution in [3.05, 3.63) is 118 Å². The normalized spacial score (nSPS) is 10.8. The van der Waals surface area contributed by atoms with E-state index >= 15 is 0 Å². The molecule has 0 aliphatic rings. The number of hydrogen-bond donors (Lipinski definition) is 3. The van der Waals surface area contributed by atoms with Crippen LogP contribution in [0.1, 0.15) is 44.0 Å². The molecule has 1 aromatic heterocycles. The molecule has 1 heterocycles. The van der Waals surface area contributed by atoms with Crippen LogP contribution in [0.5, 0.6) is 5.75 Å². The first-order valence-corrected chi connectivity index (χ1v) is 10.3. The molecule has 4 aromatic rings. The predicted octanol–water partition coefficient (Wildman–Crippen LogP) is 4.18. The number of nitrogens with zero attached hydrogens (tertiary/aromatic N) is 1. The second kappa shape index (κ2) is 9.30. The molecule has 0 bridgehead atoms. The monoisotopic (exact) mass is 411 g/mol. The maximum absolute atomic E-state index is 12.1. The van der Waals surface area contributed by atoms with E-state index in [2.05, 4.69) is 46.6 Å². The molecule has 0 radical (unpaired) electrons. The molecule has 0 spiro atoms. The van der Waals surface area contributed by atoms with E-state index in [0.717, 1.165) is 23.2 Å². The molecule has 4 rings (SSSR count). The molecule has 5 nitrogen and oxygen atoms in total. The van der Waals surface area contributed by atoms with E-state index in [4.69, 9.17) is 5.73 Å². The summed E-state index contributed by atoms with van der Waals surface area (Å²) in [6.45, 7) is 0. The lowest BCUT2D eigenvalue weighted by molar-refractivity contribution is 0.0998. The van der Waals surface area contributed by atoms with Gasteiger partial charge in [0.05, 0.1) is 17.0 Å². The fourth-order valence-electron chi connectivity index (χ4n) is 3.76. The minimum Gasteiger partial charge on any atom is -0.508 e. The van der Waals surface area contributed by atoms with E-state index < -0.39 is 5.91 Å². The molecule has 0 fully saturated rings. The van der Waals surface area contributed by atoms with Gasteiger partial charge in [0.25, 0.3) is 5.91 Å². The zero-order valence-electron chi connectivity index (χ0n) is 17.2. The summed E-state index contributed by atoms with van der Waals surface area (Å²) in [5.74, 6) is -0.233. The molecule has 0 aliphatic carbocycles. The van der Waals surface area contributed by atoms with Crippen LogP contribution in [-0.2, 0) is 25.7 Å². The summed E-state index contributed by atoms with van der Waals surface area (Å²) in [7, 11) is 0. The van der Waals surface area contributed by atoms with Gasteiger partial charge in [-0.05, 0) is 53.6 Å². The SMILES string of the molecule is NC(=O)c1c(CCc2ccc(O)cc2)n[nH]c1Cc1ccc(Cc2ccccc2)cc1. The van der Waals surface area contributed by atoms with Gasteiger partial charge in [-0.3, -0.25) is 9.89 Å². The van der Waals surface area contributed by atoms with Crippen LogP contribution in [0.25, 0.3) is 0 Å². The van der Waals surface area contributed by atoms with Gasteiger partial charge in [-0.25, -0.2) is 0 Å². The highest BCUT2D eigenvalue weighted by molar-refractivity contribution is 5.95. The van der Waals surface area contributed by atoms with Crippen molar-refractivity contribution in [2.24, 2.45) is 5.73 Å². The van der Waals surface area contributed by atoms with Crippen molar-refractivity contribution < 1.29 is 9.90 Å². The Balaban J connectivity index is 1.45. The Bertz CT molecular complexity index is 1150. The molecule has 4 N–H and O–H groups in total. The van der Waals surface area contributed by atoms with Crippen molar-refractivity contribution in [2.45, 2.75) is 25.7 Å². The number of aryl methyl sites for hydroxylation is 2. The van der Waals surface area contributed by atoms with Crippen LogP contribution in [0.3, 0.4) is 0 Å². The Morgan fingerprint density at radius 2 is 1.35 bits per heavy atom. The summed E-state index contributed by atoms with van der Waals surface area (Å²) in [5, 5.41) is 16.8. The van der Waals surface area contributed by atoms with Gasteiger partial charge >= 0.3 is 0 Å². The minimum atomic E-state index is -0.467. The number of amides is 1. The number of rotatable bonds is 8. The molecule has 1 amide bonds. The van der Waals surface area contributed by atoms with E-state index in [1.54, 1.807) is 12.1 Å². The predicted molar refractivity (Wildman–Crippen MR) is 121 cm³/mol. The molecule has 0 atom stereocenters. The second-order valence-corrected chi connectivity index (χ2v) is 7.71. The molecule has 0 saturated carbocycles. The number of aromatic nitrogens is 2. The van der Waals surface area contributed by atoms with Crippen molar-refractivity contribution in [2.75, 3.05) is 0 Å². The summed E-state index contributed by atoms with van der Waals surface area (Å²) in [6.07, 6.45) is 2.75. The third-order valence-electron chi connectivity index (χ3n) is 5.40. The van der Waals surface area contributed by atoms with Gasteiger partial charge in [0.15, 0.2) is 0 Å². The lowest BCUT2D eigenvalue weighted by Gasteiger charge is -2.06. The van der Waals surface area contributed by atoms with Crippen LogP contribution >= 0.6 is 0 Å². The van der Waals surface area contributed by atoms with Crippen LogP contribution in [0, 0.1) is 0 Å². The highest BCUT2D eigenvalue weighted by Gasteiger charge is 2.18. The zero-order chi connectivity index (χ0) is 21.6. The van der Waals surface area contributed by atoms with Gasteiger partial charge in [-0.2, -0.15) is 5.10 Å². The van der Waals surface area contributed by atoms with Crippen molar-refractivity contribution in [3.63, 3.8) is 0 Å². The van der Waals surface area contributed by atoms with E-state index in [0.29, 0.717) is 30.5 Å². The number of aromatic amines is 1. The van der Waals surface area contributed by atoms with Gasteiger partial charge in [0, 0.05) is 6.42 Å². The summed E-state index contributed by atoms with van der Waals surface area (Å²) in [6, 6.07) is 25.8. The molecular formula is C26H25N3O2. The number of phenols is 1. The Morgan fingerprint density at radius 3 is 2.00 bits per heavy atom. The number of carbonyl (C=O) groups excluding carboxylic acids is 1. The molecular weight excluding hydrogens is 386 g/mol. The fourth-order valence-corrected chi connectivity index (χ4v) is 3.76. The number of carbonyl (C=O) groups is 1. The average molecular weight is 412 g/mol. The largest absolute Gasteiger partial charge is 0.508 e. The van der Waals surface area contributed by atoms with Crippen molar-refractivity contribution >= 4 is 5.91 Å². The van der Waals surface area contributed by atoms with Crippen LogP contribution < -0.4 is 5.73 Å². The zero-order valence-corrected chi connectivity index (χ0v) is 17.2. The number of H-pyrrole nitrogens is 1. The highest BCUT2D eigenvalue weighted by atomic mass is 16.3. The Kier molecular flexibility index (Phi) is 6.13. The quantitative estimate of drug-likeness (QED) is 0.406. The molecule has 0 saturated heterocycles.